The summed E-state index contributed by atoms with van der Waals surface area (Å²) in [6.45, 7) is 3.13. The van der Waals surface area contributed by atoms with Crippen LogP contribution in [-0.2, 0) is 9.53 Å². The number of nitrogens with zero attached hydrogens (tertiary/aromatic N) is 3. The van der Waals surface area contributed by atoms with Crippen LogP contribution in [0.25, 0.3) is 28.1 Å². The zero-order chi connectivity index (χ0) is 20.5. The van der Waals surface area contributed by atoms with Crippen LogP contribution in [0.1, 0.15) is 5.56 Å². The van der Waals surface area contributed by atoms with Crippen LogP contribution in [0, 0.1) is 0 Å². The van der Waals surface area contributed by atoms with Crippen molar-refractivity contribution in [3.05, 3.63) is 59.3 Å². The van der Waals surface area contributed by atoms with E-state index in [1.54, 1.807) is 12.3 Å². The number of rotatable bonds is 3. The third-order valence-corrected chi connectivity index (χ3v) is 5.91. The molecular weight excluding hydrogens is 400 g/mol. The average molecular weight is 418 g/mol. The number of thioether (sulfide) groups is 1. The molecular formula is C22H18N4O3S. The van der Waals surface area contributed by atoms with Gasteiger partial charge in [-0.3, -0.25) is 19.9 Å². The lowest BCUT2D eigenvalue weighted by Crippen LogP contribution is -2.36. The molecule has 7 nitrogen and oxygen atoms in total. The third kappa shape index (κ3) is 3.67. The van der Waals surface area contributed by atoms with E-state index in [1.165, 1.54) is 0 Å². The van der Waals surface area contributed by atoms with Crippen molar-refractivity contribution >= 4 is 45.7 Å². The molecule has 0 aliphatic carbocycles. The summed E-state index contributed by atoms with van der Waals surface area (Å²) in [6, 6.07) is 11.9. The minimum absolute atomic E-state index is 0.346. The highest BCUT2D eigenvalue weighted by atomic mass is 32.2. The van der Waals surface area contributed by atoms with Gasteiger partial charge in [-0.1, -0.05) is 6.07 Å². The van der Waals surface area contributed by atoms with E-state index < -0.39 is 0 Å². The lowest BCUT2D eigenvalue weighted by Gasteiger charge is -2.27. The third-order valence-electron chi connectivity index (χ3n) is 5.10. The van der Waals surface area contributed by atoms with Gasteiger partial charge in [-0.2, -0.15) is 0 Å². The number of pyridine rings is 2. The molecule has 0 radical (unpaired) electrons. The van der Waals surface area contributed by atoms with Crippen molar-refractivity contribution < 1.29 is 14.3 Å². The Kier molecular flexibility index (Phi) is 4.94. The number of nitrogens with one attached hydrogen (secondary N) is 1. The van der Waals surface area contributed by atoms with Crippen LogP contribution in [0.2, 0.25) is 0 Å². The van der Waals surface area contributed by atoms with Crippen LogP contribution < -0.4 is 10.2 Å². The number of hydrogen-bond donors (Lipinski definition) is 1. The molecule has 1 aromatic carbocycles. The number of morpholine rings is 1. The molecule has 2 aliphatic heterocycles. The number of imide groups is 1. The van der Waals surface area contributed by atoms with Crippen molar-refractivity contribution in [2.45, 2.75) is 0 Å². The Morgan fingerprint density at radius 3 is 2.67 bits per heavy atom. The number of aromatic nitrogens is 2. The van der Waals surface area contributed by atoms with E-state index in [0.717, 1.165) is 71.5 Å². The van der Waals surface area contributed by atoms with E-state index in [1.807, 2.05) is 36.5 Å². The predicted molar refractivity (Wildman–Crippen MR) is 117 cm³/mol. The van der Waals surface area contributed by atoms with E-state index >= 15 is 0 Å². The molecule has 2 aliphatic rings. The first-order valence-electron chi connectivity index (χ1n) is 9.60. The number of benzene rings is 1. The van der Waals surface area contributed by atoms with Crippen LogP contribution in [0.4, 0.5) is 10.6 Å². The molecule has 5 rings (SSSR count). The highest BCUT2D eigenvalue weighted by Gasteiger charge is 2.25. The molecule has 150 valence electrons. The van der Waals surface area contributed by atoms with Crippen molar-refractivity contribution in [1.29, 1.82) is 0 Å². The highest BCUT2D eigenvalue weighted by molar-refractivity contribution is 8.18. The Morgan fingerprint density at radius 1 is 1.07 bits per heavy atom. The van der Waals surface area contributed by atoms with Crippen molar-refractivity contribution in [3.63, 3.8) is 0 Å². The summed E-state index contributed by atoms with van der Waals surface area (Å²) in [5, 5.41) is 2.89. The summed E-state index contributed by atoms with van der Waals surface area (Å²) in [4.78, 5) is 35.0. The molecule has 1 N–H and O–H groups in total. The predicted octanol–water partition coefficient (Wildman–Crippen LogP) is 3.46. The Hall–Kier alpha value is -3.23. The fraction of sp³-hybridized carbons (Fsp3) is 0.182. The molecule has 0 unspecified atom stereocenters. The van der Waals surface area contributed by atoms with Gasteiger partial charge in [0.15, 0.2) is 0 Å². The minimum Gasteiger partial charge on any atom is -0.378 e. The van der Waals surface area contributed by atoms with Crippen LogP contribution in [-0.4, -0.2) is 47.4 Å². The molecule has 30 heavy (non-hydrogen) atoms. The molecule has 0 bridgehead atoms. The van der Waals surface area contributed by atoms with Gasteiger partial charge in [-0.15, -0.1) is 0 Å². The minimum atomic E-state index is -0.362. The van der Waals surface area contributed by atoms with Gasteiger partial charge in [0, 0.05) is 36.4 Å². The van der Waals surface area contributed by atoms with Crippen LogP contribution in [0.3, 0.4) is 0 Å². The fourth-order valence-corrected chi connectivity index (χ4v) is 4.28. The summed E-state index contributed by atoms with van der Waals surface area (Å²) in [5.74, 6) is 0.583. The number of ether oxygens (including phenoxy) is 1. The lowest BCUT2D eigenvalue weighted by molar-refractivity contribution is -0.115. The van der Waals surface area contributed by atoms with Gasteiger partial charge in [0.05, 0.1) is 23.6 Å². The topological polar surface area (TPSA) is 84.4 Å². The van der Waals surface area contributed by atoms with E-state index in [9.17, 15) is 9.59 Å². The fourth-order valence-electron chi connectivity index (χ4n) is 3.60. The first-order valence-corrected chi connectivity index (χ1v) is 10.4. The van der Waals surface area contributed by atoms with Crippen LogP contribution in [0.15, 0.2) is 53.7 Å². The second-order valence-corrected chi connectivity index (χ2v) is 8.01. The molecule has 3 aromatic rings. The van der Waals surface area contributed by atoms with Crippen LogP contribution in [0.5, 0.6) is 0 Å². The number of carbonyl (C=O) groups excluding carboxylic acids is 2. The monoisotopic (exact) mass is 418 g/mol. The Balaban J connectivity index is 1.50. The molecule has 2 fully saturated rings. The van der Waals surface area contributed by atoms with Crippen molar-refractivity contribution in [2.24, 2.45) is 0 Å². The molecule has 0 atom stereocenters. The van der Waals surface area contributed by atoms with Gasteiger partial charge < -0.3 is 9.64 Å². The average Bonchev–Trinajstić information content (AvgIpc) is 3.10. The summed E-state index contributed by atoms with van der Waals surface area (Å²) >= 11 is 0.912. The summed E-state index contributed by atoms with van der Waals surface area (Å²) in [7, 11) is 0. The number of anilines is 1. The van der Waals surface area contributed by atoms with E-state index in [0.29, 0.717) is 4.91 Å². The maximum atomic E-state index is 11.8. The SMILES string of the molecule is O=C1NC(=O)/C(=C/c2ccc3nccc(-c4ccc(N5CCOCC5)nc4)c3c2)S1. The summed E-state index contributed by atoms with van der Waals surface area (Å²) in [6.07, 6.45) is 5.38. The maximum absolute atomic E-state index is 11.8. The number of fused-ring (bicyclic) bond motifs is 1. The number of carbonyl (C=O) groups is 2. The quantitative estimate of drug-likeness (QED) is 0.652. The maximum Gasteiger partial charge on any atom is 0.290 e. The molecule has 8 heteroatoms. The highest BCUT2D eigenvalue weighted by Crippen LogP contribution is 2.31. The van der Waals surface area contributed by atoms with E-state index in [-0.39, 0.29) is 11.1 Å². The summed E-state index contributed by atoms with van der Waals surface area (Å²) < 4.78 is 5.41. The molecule has 2 aromatic heterocycles. The van der Waals surface area contributed by atoms with E-state index in [2.05, 4.69) is 26.3 Å². The van der Waals surface area contributed by atoms with Crippen LogP contribution >= 0.6 is 11.8 Å². The molecule has 0 saturated carbocycles. The number of amides is 2. The largest absolute Gasteiger partial charge is 0.378 e. The second-order valence-electron chi connectivity index (χ2n) is 6.99. The second kappa shape index (κ2) is 7.89. The normalized spacial score (nSPS) is 18.3. The van der Waals surface area contributed by atoms with Gasteiger partial charge in [0.25, 0.3) is 11.1 Å². The van der Waals surface area contributed by atoms with Crippen molar-refractivity contribution in [3.8, 4) is 11.1 Å². The smallest absolute Gasteiger partial charge is 0.290 e. The van der Waals surface area contributed by atoms with Gasteiger partial charge >= 0.3 is 0 Å². The van der Waals surface area contributed by atoms with E-state index in [4.69, 9.17) is 4.74 Å². The van der Waals surface area contributed by atoms with Gasteiger partial charge in [-0.05, 0) is 59.3 Å². The first kappa shape index (κ1) is 18.8. The van der Waals surface area contributed by atoms with Gasteiger partial charge in [0.2, 0.25) is 0 Å². The zero-order valence-corrected chi connectivity index (χ0v) is 16.8. The summed E-state index contributed by atoms with van der Waals surface area (Å²) in [5.41, 5.74) is 3.70. The van der Waals surface area contributed by atoms with Crippen molar-refractivity contribution in [2.75, 3.05) is 31.2 Å². The van der Waals surface area contributed by atoms with Gasteiger partial charge in [0.1, 0.15) is 5.82 Å². The molecule has 4 heterocycles. The van der Waals surface area contributed by atoms with Gasteiger partial charge in [-0.25, -0.2) is 4.98 Å². The molecule has 0 spiro atoms. The molecule has 2 saturated heterocycles. The first-order chi connectivity index (χ1) is 14.7. The zero-order valence-electron chi connectivity index (χ0n) is 16.0. The Labute approximate surface area is 177 Å². The lowest BCUT2D eigenvalue weighted by atomic mass is 10.0. The molecule has 2 amide bonds. The Bertz CT molecular complexity index is 1170. The Morgan fingerprint density at radius 2 is 1.93 bits per heavy atom. The number of hydrogen-bond acceptors (Lipinski definition) is 7. The van der Waals surface area contributed by atoms with Crippen molar-refractivity contribution in [1.82, 2.24) is 15.3 Å². The standard InChI is InChI=1S/C22H18N4O3S/c27-21-19(30-22(28)25-21)12-14-1-3-18-17(11-14)16(5-6-23-18)15-2-4-20(24-13-15)26-7-9-29-10-8-26/h1-6,11-13H,7-10H2,(H,25,27,28)/b19-12-.